The van der Waals surface area contributed by atoms with Gasteiger partial charge in [0.15, 0.2) is 0 Å². The van der Waals surface area contributed by atoms with Gasteiger partial charge < -0.3 is 26.2 Å². The third kappa shape index (κ3) is 4.33. The lowest BCUT2D eigenvalue weighted by Crippen LogP contribution is -2.49. The van der Waals surface area contributed by atoms with Crippen LogP contribution in [0, 0.1) is 5.41 Å². The summed E-state index contributed by atoms with van der Waals surface area (Å²) in [6.45, 7) is 0.824. The maximum atomic E-state index is 11.8. The van der Waals surface area contributed by atoms with Gasteiger partial charge in [0.25, 0.3) is 5.91 Å². The van der Waals surface area contributed by atoms with E-state index in [2.05, 4.69) is 20.6 Å². The van der Waals surface area contributed by atoms with Crippen LogP contribution in [-0.2, 0) is 4.74 Å². The number of methoxy groups -OCH3 is 1. The molecule has 0 aliphatic heterocycles. The number of ether oxygens (including phenoxy) is 1. The van der Waals surface area contributed by atoms with Gasteiger partial charge in [-0.1, -0.05) is 0 Å². The predicted octanol–water partition coefficient (Wildman–Crippen LogP) is 2.44. The molecule has 0 radical (unpaired) electrons. The molecular formula is C21H33N5O3. The Morgan fingerprint density at radius 1 is 1.28 bits per heavy atom. The molecule has 4 saturated carbocycles. The first kappa shape index (κ1) is 20.3. The second-order valence-electron chi connectivity index (χ2n) is 9.22. The first-order valence-corrected chi connectivity index (χ1v) is 10.8. The Hall–Kier alpha value is -1.93. The summed E-state index contributed by atoms with van der Waals surface area (Å²) in [6, 6.07) is 0.0806. The number of primary amides is 1. The molecule has 160 valence electrons. The van der Waals surface area contributed by atoms with Gasteiger partial charge in [-0.3, -0.25) is 4.79 Å². The lowest BCUT2D eigenvalue weighted by molar-refractivity contribution is -0.113. The Kier molecular flexibility index (Phi) is 5.66. The van der Waals surface area contributed by atoms with Gasteiger partial charge in [-0.15, -0.1) is 0 Å². The first-order chi connectivity index (χ1) is 13.9. The van der Waals surface area contributed by atoms with Crippen molar-refractivity contribution in [1.29, 1.82) is 0 Å². The largest absolute Gasteiger partial charge is 0.393 e. The monoisotopic (exact) mass is 403 g/mol. The summed E-state index contributed by atoms with van der Waals surface area (Å²) in [5, 5.41) is 16.7. The number of nitrogens with zero attached hydrogens (tertiary/aromatic N) is 2. The molecular weight excluding hydrogens is 370 g/mol. The Morgan fingerprint density at radius 3 is 2.62 bits per heavy atom. The van der Waals surface area contributed by atoms with E-state index in [0.717, 1.165) is 64.3 Å². The summed E-state index contributed by atoms with van der Waals surface area (Å²) in [4.78, 5) is 20.7. The van der Waals surface area contributed by atoms with Crippen molar-refractivity contribution in [3.63, 3.8) is 0 Å². The Balaban J connectivity index is 1.43. The molecule has 1 aromatic rings. The topological polar surface area (TPSA) is 122 Å². The molecule has 8 nitrogen and oxygen atoms in total. The molecule has 2 bridgehead atoms. The third-order valence-electron chi connectivity index (χ3n) is 7.43. The van der Waals surface area contributed by atoms with E-state index in [-0.39, 0.29) is 28.7 Å². The van der Waals surface area contributed by atoms with E-state index in [1.807, 2.05) is 7.11 Å². The summed E-state index contributed by atoms with van der Waals surface area (Å²) in [7, 11) is 1.84. The molecule has 5 N–H and O–H groups in total. The smallest absolute Gasteiger partial charge is 0.254 e. The summed E-state index contributed by atoms with van der Waals surface area (Å²) in [6.07, 6.45) is 11.3. The van der Waals surface area contributed by atoms with Gasteiger partial charge in [-0.25, -0.2) is 4.98 Å². The van der Waals surface area contributed by atoms with E-state index in [1.165, 1.54) is 6.20 Å². The molecule has 8 heteroatoms. The van der Waals surface area contributed by atoms with Crippen LogP contribution in [0.15, 0.2) is 6.20 Å². The highest BCUT2D eigenvalue weighted by Crippen LogP contribution is 2.53. The van der Waals surface area contributed by atoms with Gasteiger partial charge in [0.1, 0.15) is 5.82 Å². The van der Waals surface area contributed by atoms with E-state index in [1.54, 1.807) is 0 Å². The van der Waals surface area contributed by atoms with Crippen LogP contribution in [0.2, 0.25) is 0 Å². The average Bonchev–Trinajstić information content (AvgIpc) is 2.74. The number of carbonyl (C=O) groups excluding carboxylic acids is 1. The highest BCUT2D eigenvalue weighted by atomic mass is 16.5. The lowest BCUT2D eigenvalue weighted by atomic mass is 9.58. The predicted molar refractivity (Wildman–Crippen MR) is 111 cm³/mol. The molecule has 4 fully saturated rings. The molecule has 4 aliphatic rings. The van der Waals surface area contributed by atoms with Gasteiger partial charge in [-0.2, -0.15) is 4.98 Å². The summed E-state index contributed by atoms with van der Waals surface area (Å²) >= 11 is 0. The minimum atomic E-state index is -0.551. The Morgan fingerprint density at radius 2 is 2.00 bits per heavy atom. The normalized spacial score (nSPS) is 34.0. The number of hydrogen-bond acceptors (Lipinski definition) is 7. The number of anilines is 2. The average molecular weight is 404 g/mol. The number of aromatic nitrogens is 2. The standard InChI is InChI=1S/C21H33N5O3/c1-29-21-8-5-20(6-9-21,7-10-21)13-24-19-23-12-16(17(22)28)18(26-19)25-14-3-2-4-15(27)11-14/h12,14-15,27H,2-11,13H2,1H3,(H2,22,28)(H2,23,24,25,26)/t14-,15+,20?,21?/m1/s1. The number of rotatable bonds is 7. The minimum absolute atomic E-state index is 0.0806. The molecule has 1 amide bonds. The highest BCUT2D eigenvalue weighted by molar-refractivity contribution is 5.97. The second kappa shape index (κ2) is 8.07. The van der Waals surface area contributed by atoms with E-state index in [4.69, 9.17) is 10.5 Å². The van der Waals surface area contributed by atoms with Crippen molar-refractivity contribution < 1.29 is 14.6 Å². The number of carbonyl (C=O) groups is 1. The third-order valence-corrected chi connectivity index (χ3v) is 7.43. The van der Waals surface area contributed by atoms with E-state index >= 15 is 0 Å². The maximum absolute atomic E-state index is 11.8. The quantitative estimate of drug-likeness (QED) is 0.551. The van der Waals surface area contributed by atoms with Crippen LogP contribution < -0.4 is 16.4 Å². The van der Waals surface area contributed by atoms with E-state index < -0.39 is 5.91 Å². The van der Waals surface area contributed by atoms with E-state index in [0.29, 0.717) is 18.2 Å². The first-order valence-electron chi connectivity index (χ1n) is 10.8. The highest BCUT2D eigenvalue weighted by Gasteiger charge is 2.48. The Bertz CT molecular complexity index is 731. The zero-order chi connectivity index (χ0) is 20.5. The van der Waals surface area contributed by atoms with Crippen LogP contribution in [-0.4, -0.2) is 52.4 Å². The van der Waals surface area contributed by atoms with Crippen molar-refractivity contribution in [3.05, 3.63) is 11.8 Å². The summed E-state index contributed by atoms with van der Waals surface area (Å²) in [5.74, 6) is 0.416. The molecule has 1 aromatic heterocycles. The van der Waals surface area contributed by atoms with Gasteiger partial charge in [0.2, 0.25) is 5.95 Å². The number of aliphatic hydroxyl groups is 1. The van der Waals surface area contributed by atoms with Crippen molar-refractivity contribution in [2.24, 2.45) is 11.1 Å². The van der Waals surface area contributed by atoms with Gasteiger partial charge in [0.05, 0.1) is 17.3 Å². The van der Waals surface area contributed by atoms with Gasteiger partial charge in [0, 0.05) is 25.9 Å². The fourth-order valence-corrected chi connectivity index (χ4v) is 5.31. The Labute approximate surface area is 172 Å². The van der Waals surface area contributed by atoms with Crippen molar-refractivity contribution in [3.8, 4) is 0 Å². The molecule has 0 aromatic carbocycles. The molecule has 0 spiro atoms. The minimum Gasteiger partial charge on any atom is -0.393 e. The van der Waals surface area contributed by atoms with E-state index in [9.17, 15) is 9.90 Å². The molecule has 4 aliphatic carbocycles. The van der Waals surface area contributed by atoms with Crippen molar-refractivity contribution in [2.45, 2.75) is 82.0 Å². The van der Waals surface area contributed by atoms with Crippen molar-refractivity contribution >= 4 is 17.7 Å². The van der Waals surface area contributed by atoms with Crippen molar-refractivity contribution in [2.75, 3.05) is 24.3 Å². The molecule has 1 heterocycles. The van der Waals surface area contributed by atoms with Crippen LogP contribution in [0.1, 0.15) is 74.6 Å². The fraction of sp³-hybridized carbons (Fsp3) is 0.762. The number of hydrogen-bond donors (Lipinski definition) is 4. The van der Waals surface area contributed by atoms with Gasteiger partial charge >= 0.3 is 0 Å². The second-order valence-corrected chi connectivity index (χ2v) is 9.22. The zero-order valence-electron chi connectivity index (χ0n) is 17.2. The zero-order valence-corrected chi connectivity index (χ0v) is 17.2. The summed E-state index contributed by atoms with van der Waals surface area (Å²) in [5.41, 5.74) is 6.18. The lowest BCUT2D eigenvalue weighted by Gasteiger charge is -2.52. The molecule has 29 heavy (non-hydrogen) atoms. The number of nitrogens with two attached hydrogens (primary N) is 1. The maximum Gasteiger partial charge on any atom is 0.254 e. The van der Waals surface area contributed by atoms with Crippen LogP contribution >= 0.6 is 0 Å². The van der Waals surface area contributed by atoms with Crippen LogP contribution in [0.4, 0.5) is 11.8 Å². The number of aliphatic hydroxyl groups excluding tert-OH is 1. The number of fused-ring (bicyclic) bond motifs is 3. The van der Waals surface area contributed by atoms with Crippen LogP contribution in [0.5, 0.6) is 0 Å². The van der Waals surface area contributed by atoms with Gasteiger partial charge in [-0.05, 0) is 69.6 Å². The molecule has 5 rings (SSSR count). The van der Waals surface area contributed by atoms with Crippen molar-refractivity contribution in [1.82, 2.24) is 9.97 Å². The van der Waals surface area contributed by atoms with Crippen LogP contribution in [0.25, 0.3) is 0 Å². The van der Waals surface area contributed by atoms with Crippen LogP contribution in [0.3, 0.4) is 0 Å². The molecule has 0 unspecified atom stereocenters. The molecule has 0 saturated heterocycles. The molecule has 2 atom stereocenters. The SMILES string of the molecule is COC12CCC(CNc3ncc(C(N)=O)c(N[C@@H]4CCC[C@H](O)C4)n3)(CC1)CC2. The summed E-state index contributed by atoms with van der Waals surface area (Å²) < 4.78 is 5.79. The fourth-order valence-electron chi connectivity index (χ4n) is 5.31. The number of nitrogens with one attached hydrogen (secondary N) is 2. The number of amides is 1.